The predicted molar refractivity (Wildman–Crippen MR) is 72.7 cm³/mol. The van der Waals surface area contributed by atoms with Crippen LogP contribution in [-0.2, 0) is 18.3 Å². The minimum atomic E-state index is 0.244. The van der Waals surface area contributed by atoms with Gasteiger partial charge in [0.2, 0.25) is 5.91 Å². The number of aryl methyl sites for hydroxylation is 1. The third-order valence-corrected chi connectivity index (χ3v) is 4.33. The van der Waals surface area contributed by atoms with Crippen LogP contribution in [0.25, 0.3) is 0 Å². The van der Waals surface area contributed by atoms with E-state index in [1.54, 1.807) is 0 Å². The second kappa shape index (κ2) is 5.33. The maximum atomic E-state index is 12.0. The normalized spacial score (nSPS) is 22.6. The van der Waals surface area contributed by atoms with Crippen LogP contribution in [0.1, 0.15) is 43.0 Å². The molecule has 5 nitrogen and oxygen atoms in total. The van der Waals surface area contributed by atoms with Gasteiger partial charge in [-0.3, -0.25) is 9.48 Å². The van der Waals surface area contributed by atoms with E-state index in [0.29, 0.717) is 12.6 Å². The molecule has 0 bridgehead atoms. The summed E-state index contributed by atoms with van der Waals surface area (Å²) >= 11 is 0. The molecule has 5 heteroatoms. The zero-order chi connectivity index (χ0) is 13.2. The van der Waals surface area contributed by atoms with Gasteiger partial charge < -0.3 is 10.2 Å². The van der Waals surface area contributed by atoms with E-state index in [2.05, 4.69) is 10.4 Å². The van der Waals surface area contributed by atoms with Crippen LogP contribution in [0.15, 0.2) is 6.20 Å². The van der Waals surface area contributed by atoms with Gasteiger partial charge >= 0.3 is 0 Å². The Morgan fingerprint density at radius 1 is 1.42 bits per heavy atom. The maximum absolute atomic E-state index is 12.0. The van der Waals surface area contributed by atoms with Gasteiger partial charge in [-0.15, -0.1) is 0 Å². The van der Waals surface area contributed by atoms with Crippen molar-refractivity contribution >= 4 is 5.91 Å². The first-order valence-corrected chi connectivity index (χ1v) is 7.27. The lowest BCUT2D eigenvalue weighted by molar-refractivity contribution is -0.129. The Kier molecular flexibility index (Phi) is 3.55. The smallest absolute Gasteiger partial charge is 0.236 e. The van der Waals surface area contributed by atoms with Crippen LogP contribution >= 0.6 is 0 Å². The van der Waals surface area contributed by atoms with Crippen molar-refractivity contribution in [2.24, 2.45) is 7.05 Å². The Hall–Kier alpha value is -1.36. The van der Waals surface area contributed by atoms with Crippen molar-refractivity contribution in [2.75, 3.05) is 19.6 Å². The highest BCUT2D eigenvalue weighted by Gasteiger charge is 2.24. The lowest BCUT2D eigenvalue weighted by atomic mass is 9.93. The lowest BCUT2D eigenvalue weighted by Gasteiger charge is -2.25. The largest absolute Gasteiger partial charge is 0.342 e. The summed E-state index contributed by atoms with van der Waals surface area (Å²) in [5.41, 5.74) is 2.60. The molecule has 1 aliphatic carbocycles. The maximum Gasteiger partial charge on any atom is 0.236 e. The van der Waals surface area contributed by atoms with Gasteiger partial charge in [-0.2, -0.15) is 5.10 Å². The molecular formula is C14H22N4O. The second-order valence-electron chi connectivity index (χ2n) is 5.58. The van der Waals surface area contributed by atoms with Gasteiger partial charge in [0.25, 0.3) is 0 Å². The standard InChI is InChI=1S/C14H22N4O/c1-17-13-6-4-5-12(11(13)9-16-17)15-10-14(19)18-7-2-3-8-18/h9,12,15H,2-8,10H2,1H3. The molecule has 2 aliphatic rings. The number of amides is 1. The van der Waals surface area contributed by atoms with E-state index in [4.69, 9.17) is 0 Å². The minimum absolute atomic E-state index is 0.244. The summed E-state index contributed by atoms with van der Waals surface area (Å²) in [6.07, 6.45) is 7.63. The summed E-state index contributed by atoms with van der Waals surface area (Å²) < 4.78 is 1.96. The van der Waals surface area contributed by atoms with Crippen molar-refractivity contribution in [3.8, 4) is 0 Å². The molecule has 0 radical (unpaired) electrons. The summed E-state index contributed by atoms with van der Waals surface area (Å²) in [5, 5.41) is 7.76. The van der Waals surface area contributed by atoms with Crippen LogP contribution in [0.3, 0.4) is 0 Å². The molecule has 1 aromatic rings. The van der Waals surface area contributed by atoms with Crippen LogP contribution in [-0.4, -0.2) is 40.2 Å². The number of fused-ring (bicyclic) bond motifs is 1. The fraction of sp³-hybridized carbons (Fsp3) is 0.714. The molecule has 1 saturated heterocycles. The molecule has 19 heavy (non-hydrogen) atoms. The second-order valence-corrected chi connectivity index (χ2v) is 5.58. The number of nitrogens with one attached hydrogen (secondary N) is 1. The van der Waals surface area contributed by atoms with Crippen LogP contribution < -0.4 is 5.32 Å². The molecule has 104 valence electrons. The van der Waals surface area contributed by atoms with Crippen LogP contribution in [0.4, 0.5) is 0 Å². The number of hydrogen-bond donors (Lipinski definition) is 1. The Bertz CT molecular complexity index is 462. The van der Waals surface area contributed by atoms with Crippen molar-refractivity contribution < 1.29 is 4.79 Å². The summed E-state index contributed by atoms with van der Waals surface area (Å²) in [6, 6.07) is 0.295. The number of likely N-dealkylation sites (tertiary alicyclic amines) is 1. The summed E-state index contributed by atoms with van der Waals surface area (Å²) in [4.78, 5) is 14.0. The average molecular weight is 262 g/mol. The Morgan fingerprint density at radius 2 is 2.21 bits per heavy atom. The molecule has 1 fully saturated rings. The number of carbonyl (C=O) groups excluding carboxylic acids is 1. The fourth-order valence-electron chi connectivity index (χ4n) is 3.21. The van der Waals surface area contributed by atoms with E-state index in [1.165, 1.54) is 17.7 Å². The highest BCUT2D eigenvalue weighted by Crippen LogP contribution is 2.28. The molecule has 0 aromatic carbocycles. The lowest BCUT2D eigenvalue weighted by Crippen LogP contribution is -2.38. The highest BCUT2D eigenvalue weighted by atomic mass is 16.2. The van der Waals surface area contributed by atoms with E-state index in [9.17, 15) is 4.79 Å². The first kappa shape index (κ1) is 12.7. The van der Waals surface area contributed by atoms with Gasteiger partial charge in [0.05, 0.1) is 12.7 Å². The quantitative estimate of drug-likeness (QED) is 0.884. The Balaban J connectivity index is 1.60. The van der Waals surface area contributed by atoms with Gasteiger partial charge in [-0.25, -0.2) is 0 Å². The van der Waals surface area contributed by atoms with Crippen molar-refractivity contribution in [3.63, 3.8) is 0 Å². The SMILES string of the molecule is Cn1ncc2c1CCCC2NCC(=O)N1CCCC1. The van der Waals surface area contributed by atoms with Crippen molar-refractivity contribution in [1.82, 2.24) is 20.0 Å². The Labute approximate surface area is 114 Å². The molecular weight excluding hydrogens is 240 g/mol. The molecule has 2 heterocycles. The van der Waals surface area contributed by atoms with Crippen molar-refractivity contribution in [3.05, 3.63) is 17.5 Å². The number of aromatic nitrogens is 2. The average Bonchev–Trinajstić information content (AvgIpc) is 3.07. The zero-order valence-electron chi connectivity index (χ0n) is 11.6. The molecule has 1 unspecified atom stereocenters. The molecule has 3 rings (SSSR count). The number of carbonyl (C=O) groups is 1. The third kappa shape index (κ3) is 2.52. The third-order valence-electron chi connectivity index (χ3n) is 4.33. The number of rotatable bonds is 3. The van der Waals surface area contributed by atoms with Crippen LogP contribution in [0, 0.1) is 0 Å². The van der Waals surface area contributed by atoms with E-state index in [0.717, 1.165) is 38.8 Å². The van der Waals surface area contributed by atoms with Crippen molar-refractivity contribution in [2.45, 2.75) is 38.1 Å². The van der Waals surface area contributed by atoms with Crippen LogP contribution in [0.5, 0.6) is 0 Å². The zero-order valence-corrected chi connectivity index (χ0v) is 11.6. The van der Waals surface area contributed by atoms with Gasteiger partial charge in [0.15, 0.2) is 0 Å². The molecule has 1 aliphatic heterocycles. The number of nitrogens with zero attached hydrogens (tertiary/aromatic N) is 3. The molecule has 1 atom stereocenters. The monoisotopic (exact) mass is 262 g/mol. The topological polar surface area (TPSA) is 50.2 Å². The molecule has 1 amide bonds. The molecule has 1 N–H and O–H groups in total. The van der Waals surface area contributed by atoms with Crippen molar-refractivity contribution in [1.29, 1.82) is 0 Å². The number of hydrogen-bond acceptors (Lipinski definition) is 3. The molecule has 1 aromatic heterocycles. The van der Waals surface area contributed by atoms with E-state index in [1.807, 2.05) is 22.8 Å². The van der Waals surface area contributed by atoms with Gasteiger partial charge in [0.1, 0.15) is 0 Å². The molecule has 0 saturated carbocycles. The summed E-state index contributed by atoms with van der Waals surface area (Å²) in [6.45, 7) is 2.33. The highest BCUT2D eigenvalue weighted by molar-refractivity contribution is 5.78. The predicted octanol–water partition coefficient (Wildman–Crippen LogP) is 1.01. The van der Waals surface area contributed by atoms with Gasteiger partial charge in [-0.1, -0.05) is 0 Å². The van der Waals surface area contributed by atoms with E-state index >= 15 is 0 Å². The molecule has 0 spiro atoms. The van der Waals surface area contributed by atoms with E-state index < -0.39 is 0 Å². The van der Waals surface area contributed by atoms with E-state index in [-0.39, 0.29) is 5.91 Å². The minimum Gasteiger partial charge on any atom is -0.342 e. The summed E-state index contributed by atoms with van der Waals surface area (Å²) in [7, 11) is 2.00. The Morgan fingerprint density at radius 3 is 3.00 bits per heavy atom. The van der Waals surface area contributed by atoms with Crippen LogP contribution in [0.2, 0.25) is 0 Å². The van der Waals surface area contributed by atoms with Gasteiger partial charge in [-0.05, 0) is 32.1 Å². The first-order valence-electron chi connectivity index (χ1n) is 7.27. The fourth-order valence-corrected chi connectivity index (χ4v) is 3.21. The first-order chi connectivity index (χ1) is 9.25. The summed E-state index contributed by atoms with van der Waals surface area (Å²) in [5.74, 6) is 0.244. The van der Waals surface area contributed by atoms with Gasteiger partial charge in [0, 0.05) is 37.4 Å².